The predicted octanol–water partition coefficient (Wildman–Crippen LogP) is 1.47. The van der Waals surface area contributed by atoms with Crippen molar-refractivity contribution in [2.45, 2.75) is 13.0 Å². The number of aromatic nitrogens is 2. The van der Waals surface area contributed by atoms with Crippen LogP contribution in [0.1, 0.15) is 21.6 Å². The van der Waals surface area contributed by atoms with Gasteiger partial charge in [-0.25, -0.2) is 0 Å². The van der Waals surface area contributed by atoms with Crippen molar-refractivity contribution < 1.29 is 4.79 Å². The Morgan fingerprint density at radius 3 is 2.79 bits per heavy atom. The maximum atomic E-state index is 11.9. The van der Waals surface area contributed by atoms with Gasteiger partial charge in [0.15, 0.2) is 0 Å². The fourth-order valence-corrected chi connectivity index (χ4v) is 1.58. The molecule has 0 fully saturated rings. The Morgan fingerprint density at radius 2 is 2.05 bits per heavy atom. The molecule has 0 aromatic carbocycles. The molecule has 0 bridgehead atoms. The van der Waals surface area contributed by atoms with Gasteiger partial charge in [-0.3, -0.25) is 14.8 Å². The second kappa shape index (κ2) is 6.26. The van der Waals surface area contributed by atoms with E-state index in [-0.39, 0.29) is 12.3 Å². The number of amides is 1. The van der Waals surface area contributed by atoms with Gasteiger partial charge in [-0.15, -0.1) is 0 Å². The molecular formula is C14H12N4O. The van der Waals surface area contributed by atoms with Crippen molar-refractivity contribution in [1.29, 1.82) is 5.26 Å². The lowest BCUT2D eigenvalue weighted by atomic mass is 10.2. The molecule has 0 atom stereocenters. The number of hydrogen-bond acceptors (Lipinski definition) is 4. The number of carbonyl (C=O) groups is 1. The summed E-state index contributed by atoms with van der Waals surface area (Å²) in [6, 6.07) is 8.95. The van der Waals surface area contributed by atoms with Crippen LogP contribution >= 0.6 is 0 Å². The van der Waals surface area contributed by atoms with Crippen LogP contribution in [0.15, 0.2) is 42.9 Å². The average Bonchev–Trinajstić information content (AvgIpc) is 2.46. The van der Waals surface area contributed by atoms with Crippen molar-refractivity contribution in [2.24, 2.45) is 0 Å². The van der Waals surface area contributed by atoms with E-state index in [9.17, 15) is 4.79 Å². The fourth-order valence-electron chi connectivity index (χ4n) is 1.58. The van der Waals surface area contributed by atoms with Gasteiger partial charge in [-0.2, -0.15) is 5.26 Å². The Hall–Kier alpha value is -2.74. The van der Waals surface area contributed by atoms with Gasteiger partial charge in [0, 0.05) is 30.7 Å². The smallest absolute Gasteiger partial charge is 0.251 e. The van der Waals surface area contributed by atoms with Crippen LogP contribution in [0.25, 0.3) is 0 Å². The van der Waals surface area contributed by atoms with E-state index in [4.69, 9.17) is 5.26 Å². The number of rotatable bonds is 4. The van der Waals surface area contributed by atoms with E-state index < -0.39 is 0 Å². The third-order valence-corrected chi connectivity index (χ3v) is 2.54. The molecule has 5 heteroatoms. The summed E-state index contributed by atoms with van der Waals surface area (Å²) in [6.45, 7) is 0.442. The minimum Gasteiger partial charge on any atom is -0.348 e. The molecule has 0 aliphatic heterocycles. The molecule has 1 amide bonds. The van der Waals surface area contributed by atoms with Crippen molar-refractivity contribution in [3.05, 3.63) is 59.7 Å². The highest BCUT2D eigenvalue weighted by molar-refractivity contribution is 5.94. The van der Waals surface area contributed by atoms with Crippen molar-refractivity contribution >= 4 is 5.91 Å². The molecule has 0 aliphatic rings. The molecule has 0 aliphatic carbocycles. The second-order valence-electron chi connectivity index (χ2n) is 3.91. The summed E-state index contributed by atoms with van der Waals surface area (Å²) >= 11 is 0. The third kappa shape index (κ3) is 3.61. The van der Waals surface area contributed by atoms with Crippen LogP contribution in [0.4, 0.5) is 0 Å². The quantitative estimate of drug-likeness (QED) is 0.893. The lowest BCUT2D eigenvalue weighted by Gasteiger charge is -2.05. The number of nitrogens with one attached hydrogen (secondary N) is 1. The molecule has 2 rings (SSSR count). The van der Waals surface area contributed by atoms with Crippen LogP contribution in [0.3, 0.4) is 0 Å². The molecule has 0 radical (unpaired) electrons. The number of hydrogen-bond donors (Lipinski definition) is 1. The summed E-state index contributed by atoms with van der Waals surface area (Å²) in [5.41, 5.74) is 2.09. The summed E-state index contributed by atoms with van der Waals surface area (Å²) in [4.78, 5) is 19.9. The van der Waals surface area contributed by atoms with Crippen molar-refractivity contribution in [1.82, 2.24) is 15.3 Å². The highest BCUT2D eigenvalue weighted by Crippen LogP contribution is 2.03. The van der Waals surface area contributed by atoms with Crippen LogP contribution in [-0.4, -0.2) is 15.9 Å². The maximum absolute atomic E-state index is 11.9. The minimum atomic E-state index is -0.182. The monoisotopic (exact) mass is 252 g/mol. The number of nitrogens with zero attached hydrogens (tertiary/aromatic N) is 3. The lowest BCUT2D eigenvalue weighted by molar-refractivity contribution is 0.0950. The van der Waals surface area contributed by atoms with Gasteiger partial charge in [-0.05, 0) is 29.8 Å². The van der Waals surface area contributed by atoms with E-state index in [0.717, 1.165) is 5.56 Å². The first-order chi connectivity index (χ1) is 9.29. The predicted molar refractivity (Wildman–Crippen MR) is 69.0 cm³/mol. The Bertz CT molecular complexity index is 604. The van der Waals surface area contributed by atoms with Gasteiger partial charge in [0.2, 0.25) is 0 Å². The topological polar surface area (TPSA) is 78.7 Å². The first-order valence-corrected chi connectivity index (χ1v) is 5.78. The van der Waals surface area contributed by atoms with Crippen molar-refractivity contribution in [3.63, 3.8) is 0 Å². The Labute approximate surface area is 110 Å². The first kappa shape index (κ1) is 12.7. The van der Waals surface area contributed by atoms with Crippen LogP contribution in [0.5, 0.6) is 0 Å². The van der Waals surface area contributed by atoms with Gasteiger partial charge >= 0.3 is 0 Å². The Kier molecular flexibility index (Phi) is 4.19. The molecule has 2 aromatic heterocycles. The summed E-state index contributed by atoms with van der Waals surface area (Å²) in [6.07, 6.45) is 5.09. The second-order valence-corrected chi connectivity index (χ2v) is 3.91. The van der Waals surface area contributed by atoms with E-state index in [0.29, 0.717) is 17.8 Å². The summed E-state index contributed by atoms with van der Waals surface area (Å²) < 4.78 is 0. The molecule has 2 heterocycles. The van der Waals surface area contributed by atoms with E-state index in [1.165, 1.54) is 6.20 Å². The number of carbonyl (C=O) groups excluding carboxylic acids is 1. The van der Waals surface area contributed by atoms with Gasteiger partial charge in [0.1, 0.15) is 0 Å². The van der Waals surface area contributed by atoms with Gasteiger partial charge in [-0.1, -0.05) is 0 Å². The summed E-state index contributed by atoms with van der Waals surface area (Å²) in [5.74, 6) is -0.182. The van der Waals surface area contributed by atoms with Crippen LogP contribution in [0, 0.1) is 11.3 Å². The van der Waals surface area contributed by atoms with Crippen LogP contribution in [0.2, 0.25) is 0 Å². The molecule has 19 heavy (non-hydrogen) atoms. The highest BCUT2D eigenvalue weighted by Gasteiger charge is 2.06. The van der Waals surface area contributed by atoms with Gasteiger partial charge < -0.3 is 5.32 Å². The highest BCUT2D eigenvalue weighted by atomic mass is 16.1. The molecule has 94 valence electrons. The molecule has 1 N–H and O–H groups in total. The molecular weight excluding hydrogens is 240 g/mol. The van der Waals surface area contributed by atoms with Crippen LogP contribution in [-0.2, 0) is 13.0 Å². The van der Waals surface area contributed by atoms with E-state index in [1.807, 2.05) is 18.2 Å². The van der Waals surface area contributed by atoms with E-state index in [2.05, 4.69) is 15.3 Å². The minimum absolute atomic E-state index is 0.182. The molecule has 0 unspecified atom stereocenters. The molecule has 0 spiro atoms. The largest absolute Gasteiger partial charge is 0.348 e. The third-order valence-electron chi connectivity index (χ3n) is 2.54. The van der Waals surface area contributed by atoms with Crippen LogP contribution < -0.4 is 5.32 Å². The normalized spacial score (nSPS) is 9.63. The van der Waals surface area contributed by atoms with Crippen molar-refractivity contribution in [2.75, 3.05) is 0 Å². The summed E-state index contributed by atoms with van der Waals surface area (Å²) in [5, 5.41) is 11.4. The van der Waals surface area contributed by atoms with E-state index >= 15 is 0 Å². The fraction of sp³-hybridized carbons (Fsp3) is 0.143. The zero-order valence-corrected chi connectivity index (χ0v) is 10.2. The Morgan fingerprint density at radius 1 is 1.26 bits per heavy atom. The maximum Gasteiger partial charge on any atom is 0.251 e. The van der Waals surface area contributed by atoms with Gasteiger partial charge in [0.25, 0.3) is 5.91 Å². The Balaban J connectivity index is 2.00. The van der Waals surface area contributed by atoms with E-state index in [1.54, 1.807) is 24.5 Å². The molecule has 2 aromatic rings. The van der Waals surface area contributed by atoms with Gasteiger partial charge in [0.05, 0.1) is 18.2 Å². The lowest BCUT2D eigenvalue weighted by Crippen LogP contribution is -2.23. The molecule has 5 nitrogen and oxygen atoms in total. The molecule has 0 saturated heterocycles. The molecule has 0 saturated carbocycles. The first-order valence-electron chi connectivity index (χ1n) is 5.78. The van der Waals surface area contributed by atoms with Crippen molar-refractivity contribution in [3.8, 4) is 6.07 Å². The summed E-state index contributed by atoms with van der Waals surface area (Å²) in [7, 11) is 0. The standard InChI is InChI=1S/C14H12N4O/c15-5-1-13-9-12(4-8-17-13)14(19)18-10-11-2-6-16-7-3-11/h2-4,6-9H,1,10H2,(H,18,19). The number of pyridine rings is 2. The SMILES string of the molecule is N#CCc1cc(C(=O)NCc2ccncc2)ccn1. The zero-order valence-electron chi connectivity index (χ0n) is 10.2. The average molecular weight is 252 g/mol. The zero-order chi connectivity index (χ0) is 13.5. The number of nitriles is 1.